The molecule has 0 aromatic rings. The van der Waals surface area contributed by atoms with E-state index in [0.29, 0.717) is 0 Å². The van der Waals surface area contributed by atoms with Gasteiger partial charge in [0, 0.05) is 6.42 Å². The predicted molar refractivity (Wildman–Crippen MR) is 43.1 cm³/mol. The minimum atomic E-state index is -1.63. The number of carboxylic acids is 1. The van der Waals surface area contributed by atoms with Gasteiger partial charge >= 0.3 is 5.97 Å². The molecule has 2 N–H and O–H groups in total. The third-order valence-corrected chi connectivity index (χ3v) is 1.47. The summed E-state index contributed by atoms with van der Waals surface area (Å²) in [5.41, 5.74) is 0. The van der Waals surface area contributed by atoms with Crippen LogP contribution >= 0.6 is 0 Å². The predicted octanol–water partition coefficient (Wildman–Crippen LogP) is -0.384. The molecule has 5 nitrogen and oxygen atoms in total. The Morgan fingerprint density at radius 1 is 1.31 bits per heavy atom. The lowest BCUT2D eigenvalue weighted by atomic mass is 9.96. The van der Waals surface area contributed by atoms with Crippen LogP contribution in [0.4, 0.5) is 0 Å². The molecule has 0 amide bonds. The van der Waals surface area contributed by atoms with Gasteiger partial charge in [0.15, 0.2) is 17.5 Å². The molecule has 0 spiro atoms. The van der Waals surface area contributed by atoms with Crippen molar-refractivity contribution in [3.63, 3.8) is 0 Å². The fourth-order valence-electron chi connectivity index (χ4n) is 0.947. The van der Waals surface area contributed by atoms with E-state index in [2.05, 4.69) is 0 Å². The molecule has 0 aliphatic heterocycles. The first-order valence-corrected chi connectivity index (χ1v) is 3.80. The number of carbonyl (C=O) groups is 3. The average Bonchev–Trinajstić information content (AvgIpc) is 1.81. The zero-order chi connectivity index (χ0) is 10.6. The first-order chi connectivity index (χ1) is 5.86. The third-order valence-electron chi connectivity index (χ3n) is 1.47. The van der Waals surface area contributed by atoms with Gasteiger partial charge in [-0.1, -0.05) is 0 Å². The summed E-state index contributed by atoms with van der Waals surface area (Å²) in [6.45, 7) is 2.40. The van der Waals surface area contributed by atoms with Crippen LogP contribution in [0, 0.1) is 5.92 Å². The first-order valence-electron chi connectivity index (χ1n) is 3.80. The molecule has 0 fully saturated rings. The highest BCUT2D eigenvalue weighted by Gasteiger charge is 2.30. The van der Waals surface area contributed by atoms with Crippen LogP contribution in [0.15, 0.2) is 0 Å². The number of Topliss-reactive ketones (excluding diaryl/α,β-unsaturated/α-hetero) is 2. The molecule has 0 saturated heterocycles. The lowest BCUT2D eigenvalue weighted by Crippen LogP contribution is -2.31. The summed E-state index contributed by atoms with van der Waals surface area (Å²) in [6.07, 6.45) is -1.23. The second kappa shape index (κ2) is 4.71. The number of aliphatic hydroxyl groups is 1. The molecule has 0 rings (SSSR count). The van der Waals surface area contributed by atoms with E-state index in [1.807, 2.05) is 0 Å². The highest BCUT2D eigenvalue weighted by Crippen LogP contribution is 2.06. The Bertz CT molecular complexity index is 217. The summed E-state index contributed by atoms with van der Waals surface area (Å²) in [6, 6.07) is 0. The second-order valence-electron chi connectivity index (χ2n) is 2.90. The fraction of sp³-hybridized carbons (Fsp3) is 0.625. The minimum Gasteiger partial charge on any atom is -0.480 e. The summed E-state index contributed by atoms with van der Waals surface area (Å²) in [5, 5.41) is 17.3. The lowest BCUT2D eigenvalue weighted by Gasteiger charge is -2.08. The van der Waals surface area contributed by atoms with Crippen molar-refractivity contribution in [2.45, 2.75) is 26.4 Å². The number of ketones is 2. The van der Waals surface area contributed by atoms with Crippen molar-refractivity contribution in [3.05, 3.63) is 0 Å². The van der Waals surface area contributed by atoms with Crippen molar-refractivity contribution >= 4 is 17.5 Å². The number of hydrogen-bond acceptors (Lipinski definition) is 4. The summed E-state index contributed by atoms with van der Waals surface area (Å²) in [7, 11) is 0. The van der Waals surface area contributed by atoms with E-state index in [4.69, 9.17) is 10.2 Å². The van der Waals surface area contributed by atoms with Gasteiger partial charge in [-0.25, -0.2) is 0 Å². The summed E-state index contributed by atoms with van der Waals surface area (Å²) in [4.78, 5) is 32.2. The SMILES string of the molecule is CC(=O)C(C(=O)O)C(=O)CC(C)O. The number of carbonyl (C=O) groups excluding carboxylic acids is 2. The first kappa shape index (κ1) is 11.8. The molecule has 0 saturated carbocycles. The van der Waals surface area contributed by atoms with Crippen molar-refractivity contribution in [3.8, 4) is 0 Å². The summed E-state index contributed by atoms with van der Waals surface area (Å²) >= 11 is 0. The molecule has 2 unspecified atom stereocenters. The molecule has 0 aliphatic carbocycles. The highest BCUT2D eigenvalue weighted by molar-refractivity contribution is 6.16. The molecule has 5 heteroatoms. The van der Waals surface area contributed by atoms with Crippen LogP contribution in [0.1, 0.15) is 20.3 Å². The molecule has 0 aromatic carbocycles. The number of aliphatic hydroxyl groups excluding tert-OH is 1. The van der Waals surface area contributed by atoms with E-state index in [-0.39, 0.29) is 6.42 Å². The second-order valence-corrected chi connectivity index (χ2v) is 2.90. The van der Waals surface area contributed by atoms with Crippen LogP contribution in [0.5, 0.6) is 0 Å². The van der Waals surface area contributed by atoms with E-state index >= 15 is 0 Å². The summed E-state index contributed by atoms with van der Waals surface area (Å²) in [5.74, 6) is -4.55. The van der Waals surface area contributed by atoms with Crippen LogP contribution in [0.2, 0.25) is 0 Å². The lowest BCUT2D eigenvalue weighted by molar-refractivity contribution is -0.150. The molecule has 0 aromatic heterocycles. The molecule has 13 heavy (non-hydrogen) atoms. The largest absolute Gasteiger partial charge is 0.480 e. The van der Waals surface area contributed by atoms with E-state index < -0.39 is 29.6 Å². The Kier molecular flexibility index (Phi) is 4.27. The standard InChI is InChI=1S/C8H12O5/c1-4(9)3-6(11)7(5(2)10)8(12)13/h4,7,9H,3H2,1-2H3,(H,12,13). The van der Waals surface area contributed by atoms with Crippen molar-refractivity contribution in [1.29, 1.82) is 0 Å². The van der Waals surface area contributed by atoms with Crippen molar-refractivity contribution < 1.29 is 24.6 Å². The molecular weight excluding hydrogens is 176 g/mol. The Hall–Kier alpha value is -1.23. The van der Waals surface area contributed by atoms with Gasteiger partial charge in [0.2, 0.25) is 0 Å². The zero-order valence-corrected chi connectivity index (χ0v) is 7.48. The summed E-state index contributed by atoms with van der Waals surface area (Å²) < 4.78 is 0. The number of rotatable bonds is 5. The van der Waals surface area contributed by atoms with Crippen LogP contribution in [-0.2, 0) is 14.4 Å². The van der Waals surface area contributed by atoms with E-state index in [9.17, 15) is 14.4 Å². The molecule has 74 valence electrons. The molecule has 0 aliphatic rings. The smallest absolute Gasteiger partial charge is 0.321 e. The van der Waals surface area contributed by atoms with Gasteiger partial charge in [-0.2, -0.15) is 0 Å². The maximum absolute atomic E-state index is 11.1. The molecule has 0 radical (unpaired) electrons. The third kappa shape index (κ3) is 3.80. The van der Waals surface area contributed by atoms with Crippen LogP contribution in [0.25, 0.3) is 0 Å². The van der Waals surface area contributed by atoms with Crippen LogP contribution in [0.3, 0.4) is 0 Å². The van der Waals surface area contributed by atoms with Gasteiger partial charge in [-0.05, 0) is 13.8 Å². The number of carboxylic acid groups (broad SMARTS) is 1. The monoisotopic (exact) mass is 188 g/mol. The number of aliphatic carboxylic acids is 1. The van der Waals surface area contributed by atoms with Crippen LogP contribution < -0.4 is 0 Å². The number of hydrogen-bond donors (Lipinski definition) is 2. The van der Waals surface area contributed by atoms with Crippen molar-refractivity contribution in [1.82, 2.24) is 0 Å². The molecule has 0 bridgehead atoms. The maximum Gasteiger partial charge on any atom is 0.321 e. The maximum atomic E-state index is 11.1. The molecular formula is C8H12O5. The van der Waals surface area contributed by atoms with Crippen molar-refractivity contribution in [2.24, 2.45) is 5.92 Å². The van der Waals surface area contributed by atoms with Gasteiger partial charge in [-0.15, -0.1) is 0 Å². The Balaban J connectivity index is 4.48. The van der Waals surface area contributed by atoms with Gasteiger partial charge < -0.3 is 10.2 Å². The van der Waals surface area contributed by atoms with Gasteiger partial charge in [0.25, 0.3) is 0 Å². The molecule has 2 atom stereocenters. The topological polar surface area (TPSA) is 91.7 Å². The van der Waals surface area contributed by atoms with Gasteiger partial charge in [-0.3, -0.25) is 14.4 Å². The molecule has 0 heterocycles. The average molecular weight is 188 g/mol. The Labute approximate surface area is 75.4 Å². The highest BCUT2D eigenvalue weighted by atomic mass is 16.4. The normalized spacial score (nSPS) is 14.7. The van der Waals surface area contributed by atoms with E-state index in [1.54, 1.807) is 0 Å². The van der Waals surface area contributed by atoms with Gasteiger partial charge in [0.05, 0.1) is 6.10 Å². The van der Waals surface area contributed by atoms with Gasteiger partial charge in [0.1, 0.15) is 0 Å². The zero-order valence-electron chi connectivity index (χ0n) is 7.48. The van der Waals surface area contributed by atoms with E-state index in [0.717, 1.165) is 6.92 Å². The van der Waals surface area contributed by atoms with Crippen LogP contribution in [-0.4, -0.2) is 33.9 Å². The van der Waals surface area contributed by atoms with E-state index in [1.165, 1.54) is 6.92 Å². The Morgan fingerprint density at radius 2 is 1.77 bits per heavy atom. The fourth-order valence-corrected chi connectivity index (χ4v) is 0.947. The minimum absolute atomic E-state index is 0.309. The Morgan fingerprint density at radius 3 is 2.00 bits per heavy atom. The quantitative estimate of drug-likeness (QED) is 0.573. The van der Waals surface area contributed by atoms with Crippen molar-refractivity contribution in [2.75, 3.05) is 0 Å².